The van der Waals surface area contributed by atoms with Gasteiger partial charge in [-0.25, -0.2) is 4.79 Å². The van der Waals surface area contributed by atoms with E-state index >= 15 is 0 Å². The van der Waals surface area contributed by atoms with E-state index in [-0.39, 0.29) is 0 Å². The maximum absolute atomic E-state index is 11.6. The molecular weight excluding hydrogens is 328 g/mol. The highest BCUT2D eigenvalue weighted by molar-refractivity contribution is 5.95. The van der Waals surface area contributed by atoms with Crippen molar-refractivity contribution in [3.63, 3.8) is 0 Å². The second-order valence-electron chi connectivity index (χ2n) is 5.03. The molecule has 0 aromatic heterocycles. The normalized spacial score (nSPS) is 17.9. The Morgan fingerprint density at radius 2 is 1.62 bits per heavy atom. The number of cyclic esters (lactones) is 1. The van der Waals surface area contributed by atoms with Gasteiger partial charge in [0.25, 0.3) is 0 Å². The molecule has 10 nitrogen and oxygen atoms in total. The largest absolute Gasteiger partial charge is 0.505 e. The molecule has 2 atom stereocenters. The van der Waals surface area contributed by atoms with Gasteiger partial charge in [-0.05, 0) is 13.8 Å². The molecule has 0 fully saturated rings. The molecule has 0 bridgehead atoms. The molecule has 10 heteroatoms. The minimum Gasteiger partial charge on any atom is -0.505 e. The van der Waals surface area contributed by atoms with Crippen molar-refractivity contribution < 1.29 is 48.4 Å². The second kappa shape index (κ2) is 8.09. The standard InChI is InChI=1S/C14H16O10/c1-6(15)3-9(17)22-5-8(23-10(18)4-7(2)16)13-11(19)12(20)14(21)24-13/h8,13,19-20H,3-5H2,1-2H3/t8-,13-/m1/s1. The van der Waals surface area contributed by atoms with E-state index in [0.29, 0.717) is 0 Å². The van der Waals surface area contributed by atoms with Crippen molar-refractivity contribution in [2.24, 2.45) is 0 Å². The van der Waals surface area contributed by atoms with E-state index in [2.05, 4.69) is 4.74 Å². The van der Waals surface area contributed by atoms with Crippen LogP contribution < -0.4 is 0 Å². The van der Waals surface area contributed by atoms with Crippen LogP contribution in [0.25, 0.3) is 0 Å². The average Bonchev–Trinajstić information content (AvgIpc) is 2.69. The molecule has 24 heavy (non-hydrogen) atoms. The third kappa shape index (κ3) is 5.38. The lowest BCUT2D eigenvalue weighted by atomic mass is 10.1. The van der Waals surface area contributed by atoms with Crippen LogP contribution in [-0.2, 0) is 38.2 Å². The molecule has 0 spiro atoms. The van der Waals surface area contributed by atoms with Gasteiger partial charge in [-0.3, -0.25) is 19.2 Å². The average molecular weight is 344 g/mol. The topological polar surface area (TPSA) is 154 Å². The maximum Gasteiger partial charge on any atom is 0.378 e. The predicted molar refractivity (Wildman–Crippen MR) is 73.6 cm³/mol. The summed E-state index contributed by atoms with van der Waals surface area (Å²) in [5, 5.41) is 18.9. The van der Waals surface area contributed by atoms with Crippen molar-refractivity contribution in [1.29, 1.82) is 0 Å². The zero-order valence-corrected chi connectivity index (χ0v) is 12.9. The highest BCUT2D eigenvalue weighted by Crippen LogP contribution is 2.23. The number of Topliss-reactive ketones (excluding diaryl/α,β-unsaturated/α-hetero) is 2. The van der Waals surface area contributed by atoms with E-state index in [4.69, 9.17) is 9.47 Å². The lowest BCUT2D eigenvalue weighted by molar-refractivity contribution is -0.171. The fourth-order valence-corrected chi connectivity index (χ4v) is 1.74. The molecule has 2 N–H and O–H groups in total. The summed E-state index contributed by atoms with van der Waals surface area (Å²) < 4.78 is 14.2. The molecule has 1 aliphatic heterocycles. The van der Waals surface area contributed by atoms with Crippen LogP contribution in [0.3, 0.4) is 0 Å². The highest BCUT2D eigenvalue weighted by atomic mass is 16.6. The number of esters is 3. The van der Waals surface area contributed by atoms with Crippen LogP contribution >= 0.6 is 0 Å². The number of ether oxygens (including phenoxy) is 3. The lowest BCUT2D eigenvalue weighted by Crippen LogP contribution is -2.38. The van der Waals surface area contributed by atoms with Crippen molar-refractivity contribution in [3.8, 4) is 0 Å². The van der Waals surface area contributed by atoms with Gasteiger partial charge < -0.3 is 24.4 Å². The van der Waals surface area contributed by atoms with Crippen LogP contribution in [0.15, 0.2) is 11.5 Å². The first kappa shape index (κ1) is 19.1. The summed E-state index contributed by atoms with van der Waals surface area (Å²) >= 11 is 0. The van der Waals surface area contributed by atoms with E-state index in [1.165, 1.54) is 0 Å². The van der Waals surface area contributed by atoms with Crippen LogP contribution in [0, 0.1) is 0 Å². The second-order valence-corrected chi connectivity index (χ2v) is 5.03. The Morgan fingerprint density at radius 3 is 2.08 bits per heavy atom. The molecule has 1 heterocycles. The Bertz CT molecular complexity index is 603. The van der Waals surface area contributed by atoms with Gasteiger partial charge in [-0.15, -0.1) is 0 Å². The minimum absolute atomic E-state index is 0.460. The van der Waals surface area contributed by atoms with E-state index in [0.717, 1.165) is 13.8 Å². The first-order valence-electron chi connectivity index (χ1n) is 6.78. The fraction of sp³-hybridized carbons (Fsp3) is 0.500. The molecule has 1 aliphatic rings. The number of aliphatic hydroxyl groups excluding tert-OH is 2. The van der Waals surface area contributed by atoms with Crippen molar-refractivity contribution >= 4 is 29.5 Å². The number of carbonyl (C=O) groups is 5. The van der Waals surface area contributed by atoms with Gasteiger partial charge in [0.05, 0.1) is 0 Å². The van der Waals surface area contributed by atoms with E-state index in [9.17, 15) is 34.2 Å². The third-order valence-electron chi connectivity index (χ3n) is 2.76. The summed E-state index contributed by atoms with van der Waals surface area (Å²) in [4.78, 5) is 55.9. The molecule has 0 aromatic rings. The summed E-state index contributed by atoms with van der Waals surface area (Å²) in [6.07, 6.45) is -4.21. The number of hydrogen-bond donors (Lipinski definition) is 2. The van der Waals surface area contributed by atoms with Crippen molar-refractivity contribution in [1.82, 2.24) is 0 Å². The van der Waals surface area contributed by atoms with Crippen LogP contribution in [0.5, 0.6) is 0 Å². The molecule has 0 saturated carbocycles. The summed E-state index contributed by atoms with van der Waals surface area (Å²) in [6, 6.07) is 0. The molecule has 0 radical (unpaired) electrons. The van der Waals surface area contributed by atoms with E-state index in [1.54, 1.807) is 0 Å². The number of ketones is 2. The van der Waals surface area contributed by atoms with Gasteiger partial charge in [0.1, 0.15) is 31.0 Å². The van der Waals surface area contributed by atoms with Gasteiger partial charge in [0.15, 0.2) is 11.9 Å². The quantitative estimate of drug-likeness (QED) is 0.339. The van der Waals surface area contributed by atoms with Crippen molar-refractivity contribution in [3.05, 3.63) is 11.5 Å². The van der Waals surface area contributed by atoms with Crippen LogP contribution in [-0.4, -0.2) is 58.5 Å². The van der Waals surface area contributed by atoms with Crippen LogP contribution in [0.4, 0.5) is 0 Å². The SMILES string of the molecule is CC(=O)CC(=O)OC[C@@H](OC(=O)CC(C)=O)[C@H]1OC(=O)C(O)=C1O. The van der Waals surface area contributed by atoms with E-state index in [1.807, 2.05) is 0 Å². The van der Waals surface area contributed by atoms with Crippen LogP contribution in [0.2, 0.25) is 0 Å². The number of rotatable bonds is 8. The molecule has 1 rings (SSSR count). The highest BCUT2D eigenvalue weighted by Gasteiger charge is 2.42. The lowest BCUT2D eigenvalue weighted by Gasteiger charge is -2.22. The third-order valence-corrected chi connectivity index (χ3v) is 2.76. The Hall–Kier alpha value is -2.91. The molecule has 0 amide bonds. The molecular formula is C14H16O10. The van der Waals surface area contributed by atoms with Gasteiger partial charge in [0, 0.05) is 0 Å². The minimum atomic E-state index is -1.60. The summed E-state index contributed by atoms with van der Waals surface area (Å²) in [6.45, 7) is 1.64. The molecule has 0 unspecified atom stereocenters. The van der Waals surface area contributed by atoms with Gasteiger partial charge in [-0.2, -0.15) is 0 Å². The van der Waals surface area contributed by atoms with Gasteiger partial charge in [-0.1, -0.05) is 0 Å². The molecule has 0 saturated heterocycles. The first-order chi connectivity index (χ1) is 11.1. The monoisotopic (exact) mass is 344 g/mol. The van der Waals surface area contributed by atoms with Crippen molar-refractivity contribution in [2.45, 2.75) is 38.9 Å². The summed E-state index contributed by atoms with van der Waals surface area (Å²) in [5.74, 6) is -6.11. The zero-order chi connectivity index (χ0) is 18.4. The van der Waals surface area contributed by atoms with E-state index < -0.39 is 72.6 Å². The Kier molecular flexibility index (Phi) is 6.45. The molecule has 0 aliphatic carbocycles. The Balaban J connectivity index is 2.82. The summed E-state index contributed by atoms with van der Waals surface area (Å²) in [5.41, 5.74) is 0. The first-order valence-corrected chi connectivity index (χ1v) is 6.78. The van der Waals surface area contributed by atoms with Crippen molar-refractivity contribution in [2.75, 3.05) is 6.61 Å². The zero-order valence-electron chi connectivity index (χ0n) is 12.9. The predicted octanol–water partition coefficient (Wildman–Crippen LogP) is -0.347. The number of hydrogen-bond acceptors (Lipinski definition) is 10. The number of aliphatic hydroxyl groups is 2. The van der Waals surface area contributed by atoms with Crippen LogP contribution in [0.1, 0.15) is 26.7 Å². The Morgan fingerprint density at radius 1 is 1.08 bits per heavy atom. The van der Waals surface area contributed by atoms with Gasteiger partial charge >= 0.3 is 17.9 Å². The number of carbonyl (C=O) groups excluding carboxylic acids is 5. The fourth-order valence-electron chi connectivity index (χ4n) is 1.74. The summed E-state index contributed by atoms with van der Waals surface area (Å²) in [7, 11) is 0. The maximum atomic E-state index is 11.6. The van der Waals surface area contributed by atoms with Gasteiger partial charge in [0.2, 0.25) is 11.9 Å². The Labute approximate surface area is 136 Å². The smallest absolute Gasteiger partial charge is 0.378 e. The molecule has 132 valence electrons. The molecule has 0 aromatic carbocycles.